The number of benzene rings is 2. The van der Waals surface area contributed by atoms with Gasteiger partial charge in [0, 0.05) is 24.3 Å². The molecule has 0 N–H and O–H groups in total. The predicted molar refractivity (Wildman–Crippen MR) is 77.6 cm³/mol. The first kappa shape index (κ1) is 12.4. The standard InChI is InChI=1S/C16H15N4/c1-12-8-13(10-17)16-15(9-12)18-20(11-19(16)2)14-6-4-3-5-7-14/h3-9H,11H2,1-2H3/q+1. The number of azo groups is 2. The number of hydrogen-bond acceptors (Lipinski definition) is 3. The van der Waals surface area contributed by atoms with Crippen molar-refractivity contribution >= 4 is 17.1 Å². The number of aryl methyl sites for hydroxylation is 1. The molecule has 20 heavy (non-hydrogen) atoms. The number of fused-ring (bicyclic) bond motifs is 1. The number of rotatable bonds is 1. The predicted octanol–water partition coefficient (Wildman–Crippen LogP) is 3.70. The van der Waals surface area contributed by atoms with E-state index < -0.39 is 0 Å². The third-order valence-electron chi connectivity index (χ3n) is 3.37. The first-order valence-corrected chi connectivity index (χ1v) is 6.49. The molecule has 98 valence electrons. The van der Waals surface area contributed by atoms with Crippen molar-refractivity contribution in [2.45, 2.75) is 6.92 Å². The molecule has 1 aliphatic heterocycles. The van der Waals surface area contributed by atoms with E-state index in [0.29, 0.717) is 12.2 Å². The summed E-state index contributed by atoms with van der Waals surface area (Å²) in [6, 6.07) is 16.2. The normalized spacial score (nSPS) is 13.4. The molecule has 0 saturated heterocycles. The number of nitriles is 1. The second kappa shape index (κ2) is 4.78. The summed E-state index contributed by atoms with van der Waals surface area (Å²) in [6.45, 7) is 2.62. The molecule has 0 aromatic heterocycles. The molecule has 1 heterocycles. The van der Waals surface area contributed by atoms with Gasteiger partial charge < -0.3 is 4.90 Å². The van der Waals surface area contributed by atoms with Gasteiger partial charge >= 0.3 is 0 Å². The van der Waals surface area contributed by atoms with Crippen LogP contribution in [0, 0.1) is 18.3 Å². The zero-order chi connectivity index (χ0) is 14.1. The van der Waals surface area contributed by atoms with Gasteiger partial charge in [0.25, 0.3) is 6.67 Å². The van der Waals surface area contributed by atoms with E-state index in [1.54, 1.807) is 0 Å². The van der Waals surface area contributed by atoms with E-state index in [2.05, 4.69) is 16.1 Å². The average molecular weight is 263 g/mol. The van der Waals surface area contributed by atoms with Crippen LogP contribution < -0.4 is 4.90 Å². The first-order valence-electron chi connectivity index (χ1n) is 6.49. The van der Waals surface area contributed by atoms with Gasteiger partial charge in [-0.05, 0) is 24.6 Å². The maximum absolute atomic E-state index is 9.29. The minimum Gasteiger partial charge on any atom is -0.314 e. The number of hydrogen-bond donors (Lipinski definition) is 0. The molecule has 0 spiro atoms. The lowest BCUT2D eigenvalue weighted by molar-refractivity contribution is -0.509. The van der Waals surface area contributed by atoms with Crippen LogP contribution in [0.4, 0.5) is 17.1 Å². The average Bonchev–Trinajstić information content (AvgIpc) is 2.46. The van der Waals surface area contributed by atoms with Gasteiger partial charge in [0.2, 0.25) is 5.69 Å². The zero-order valence-corrected chi connectivity index (χ0v) is 11.5. The van der Waals surface area contributed by atoms with E-state index in [1.807, 2.05) is 61.1 Å². The molecule has 3 rings (SSSR count). The third-order valence-corrected chi connectivity index (χ3v) is 3.37. The molecule has 0 aliphatic carbocycles. The molecule has 0 atom stereocenters. The van der Waals surface area contributed by atoms with Gasteiger partial charge in [-0.25, -0.2) is 0 Å². The lowest BCUT2D eigenvalue weighted by Gasteiger charge is -2.22. The van der Waals surface area contributed by atoms with Gasteiger partial charge in [-0.2, -0.15) is 5.26 Å². The molecular weight excluding hydrogens is 248 g/mol. The van der Waals surface area contributed by atoms with E-state index >= 15 is 0 Å². The van der Waals surface area contributed by atoms with Crippen molar-refractivity contribution in [1.82, 2.24) is 0 Å². The van der Waals surface area contributed by atoms with Crippen molar-refractivity contribution in [3.05, 3.63) is 53.6 Å². The molecule has 4 heteroatoms. The highest BCUT2D eigenvalue weighted by atomic mass is 15.4. The fourth-order valence-corrected chi connectivity index (χ4v) is 2.50. The van der Waals surface area contributed by atoms with Gasteiger partial charge in [0.15, 0.2) is 5.69 Å². The zero-order valence-electron chi connectivity index (χ0n) is 11.5. The van der Waals surface area contributed by atoms with Crippen molar-refractivity contribution in [1.29, 1.82) is 5.26 Å². The third kappa shape index (κ3) is 2.04. The van der Waals surface area contributed by atoms with Crippen molar-refractivity contribution in [3.8, 4) is 6.07 Å². The van der Waals surface area contributed by atoms with Gasteiger partial charge in [-0.1, -0.05) is 22.9 Å². The molecule has 4 nitrogen and oxygen atoms in total. The van der Waals surface area contributed by atoms with Crippen LogP contribution in [-0.4, -0.2) is 18.4 Å². The van der Waals surface area contributed by atoms with Gasteiger partial charge in [-0.15, -0.1) is 0 Å². The van der Waals surface area contributed by atoms with Crippen molar-refractivity contribution < 1.29 is 4.70 Å². The molecular formula is C16H15N4+. The fraction of sp³-hybridized carbons (Fsp3) is 0.188. The Balaban J connectivity index is 2.17. The molecule has 0 amide bonds. The maximum atomic E-state index is 9.29. The highest BCUT2D eigenvalue weighted by molar-refractivity contribution is 5.75. The Morgan fingerprint density at radius 2 is 2.00 bits per heavy atom. The number of nitrogens with zero attached hydrogens (tertiary/aromatic N) is 4. The van der Waals surface area contributed by atoms with E-state index in [-0.39, 0.29) is 0 Å². The lowest BCUT2D eigenvalue weighted by Crippen LogP contribution is -2.29. The van der Waals surface area contributed by atoms with Crippen LogP contribution in [0.1, 0.15) is 11.1 Å². The van der Waals surface area contributed by atoms with Gasteiger partial charge in [0.1, 0.15) is 6.07 Å². The summed E-state index contributed by atoms with van der Waals surface area (Å²) in [5, 5.41) is 14.0. The summed E-state index contributed by atoms with van der Waals surface area (Å²) in [5.74, 6) is 0. The Hall–Kier alpha value is -2.67. The minimum absolute atomic E-state index is 0.634. The number of anilines is 1. The van der Waals surface area contributed by atoms with Crippen LogP contribution in [0.5, 0.6) is 0 Å². The summed E-state index contributed by atoms with van der Waals surface area (Å²) in [4.78, 5) is 2.06. The van der Waals surface area contributed by atoms with Crippen molar-refractivity contribution in [2.75, 3.05) is 18.6 Å². The molecule has 2 aromatic carbocycles. The van der Waals surface area contributed by atoms with E-state index in [0.717, 1.165) is 22.6 Å². The van der Waals surface area contributed by atoms with Crippen molar-refractivity contribution in [2.24, 2.45) is 5.11 Å². The van der Waals surface area contributed by atoms with Gasteiger partial charge in [-0.3, -0.25) is 0 Å². The second-order valence-electron chi connectivity index (χ2n) is 4.97. The summed E-state index contributed by atoms with van der Waals surface area (Å²) >= 11 is 0. The SMILES string of the molecule is Cc1cc(C#N)c2c(c1)N=[N+](c1ccccc1)CN2C. The molecule has 0 radical (unpaired) electrons. The molecule has 0 fully saturated rings. The summed E-state index contributed by atoms with van der Waals surface area (Å²) in [6.07, 6.45) is 0. The smallest absolute Gasteiger partial charge is 0.250 e. The Morgan fingerprint density at radius 3 is 2.70 bits per heavy atom. The van der Waals surface area contributed by atoms with Crippen LogP contribution in [0.2, 0.25) is 0 Å². The quantitative estimate of drug-likeness (QED) is 0.736. The molecule has 2 aromatic rings. The van der Waals surface area contributed by atoms with Crippen LogP contribution in [0.3, 0.4) is 0 Å². The molecule has 0 saturated carbocycles. The Morgan fingerprint density at radius 1 is 1.25 bits per heavy atom. The summed E-state index contributed by atoms with van der Waals surface area (Å²) < 4.78 is 1.95. The van der Waals surface area contributed by atoms with Crippen LogP contribution in [0.15, 0.2) is 47.6 Å². The molecule has 0 bridgehead atoms. The Labute approximate surface area is 118 Å². The van der Waals surface area contributed by atoms with Gasteiger partial charge in [0.05, 0.1) is 11.3 Å². The summed E-state index contributed by atoms with van der Waals surface area (Å²) in [7, 11) is 1.99. The Kier molecular flexibility index (Phi) is 2.96. The largest absolute Gasteiger partial charge is 0.314 e. The van der Waals surface area contributed by atoms with Crippen molar-refractivity contribution in [3.63, 3.8) is 0 Å². The minimum atomic E-state index is 0.634. The molecule has 1 aliphatic rings. The topological polar surface area (TPSA) is 42.4 Å². The Bertz CT molecular complexity index is 726. The highest BCUT2D eigenvalue weighted by Gasteiger charge is 2.26. The fourth-order valence-electron chi connectivity index (χ4n) is 2.50. The lowest BCUT2D eigenvalue weighted by atomic mass is 10.1. The maximum Gasteiger partial charge on any atom is 0.250 e. The first-order chi connectivity index (χ1) is 9.69. The van der Waals surface area contributed by atoms with E-state index in [4.69, 9.17) is 0 Å². The molecule has 0 unspecified atom stereocenters. The number of para-hydroxylation sites is 1. The van der Waals surface area contributed by atoms with Crippen LogP contribution in [-0.2, 0) is 0 Å². The van der Waals surface area contributed by atoms with E-state index in [1.165, 1.54) is 0 Å². The monoisotopic (exact) mass is 263 g/mol. The van der Waals surface area contributed by atoms with E-state index in [9.17, 15) is 5.26 Å². The highest BCUT2D eigenvalue weighted by Crippen LogP contribution is 2.37. The van der Waals surface area contributed by atoms with Crippen LogP contribution in [0.25, 0.3) is 0 Å². The second-order valence-corrected chi connectivity index (χ2v) is 4.97. The summed E-state index contributed by atoms with van der Waals surface area (Å²) in [5.41, 5.74) is 4.53. The van der Waals surface area contributed by atoms with Crippen LogP contribution >= 0.6 is 0 Å².